The summed E-state index contributed by atoms with van der Waals surface area (Å²) in [6.45, 7) is 4.21. The molecule has 2 aromatic rings. The number of thioether (sulfide) groups is 1. The summed E-state index contributed by atoms with van der Waals surface area (Å²) < 4.78 is 25.9. The van der Waals surface area contributed by atoms with Gasteiger partial charge in [-0.05, 0) is 44.0 Å². The van der Waals surface area contributed by atoms with E-state index in [-0.39, 0.29) is 16.3 Å². The molecular weight excluding hydrogens is 503 g/mol. The molecule has 11 heteroatoms. The van der Waals surface area contributed by atoms with Gasteiger partial charge < -0.3 is 19.7 Å². The van der Waals surface area contributed by atoms with Crippen molar-refractivity contribution in [3.8, 4) is 0 Å². The number of carboxylic acids is 2. The maximum Gasteiger partial charge on any atom is 0.413 e. The van der Waals surface area contributed by atoms with Crippen LogP contribution in [0.4, 0.5) is 9.18 Å². The lowest BCUT2D eigenvalue weighted by Gasteiger charge is -2.43. The van der Waals surface area contributed by atoms with Gasteiger partial charge in [-0.25, -0.2) is 18.8 Å². The van der Waals surface area contributed by atoms with Crippen LogP contribution in [0.2, 0.25) is 0 Å². The zero-order chi connectivity index (χ0) is 26.9. The third kappa shape index (κ3) is 5.62. The molecule has 1 amide bonds. The number of amidine groups is 1. The van der Waals surface area contributed by atoms with Crippen molar-refractivity contribution in [2.45, 2.75) is 55.8 Å². The maximum atomic E-state index is 14.5. The van der Waals surface area contributed by atoms with E-state index in [0.717, 1.165) is 11.8 Å². The summed E-state index contributed by atoms with van der Waals surface area (Å²) in [7, 11) is 0. The molecule has 37 heavy (non-hydrogen) atoms. The van der Waals surface area contributed by atoms with E-state index in [1.165, 1.54) is 12.1 Å². The van der Waals surface area contributed by atoms with Crippen molar-refractivity contribution in [2.24, 2.45) is 4.99 Å². The SMILES string of the molecule is CC(C)(C)OC(=O)NC1=N[C@@H]2[C@@H](c3ccccc3C(=O)O)[C@@H](c3ccccc3C(=O)O)[C@@H](CF)O[C@@H]2S1. The Bertz CT molecular complexity index is 1250. The maximum absolute atomic E-state index is 14.5. The van der Waals surface area contributed by atoms with E-state index in [1.807, 2.05) is 0 Å². The Morgan fingerprint density at radius 3 is 2.05 bits per heavy atom. The average molecular weight is 531 g/mol. The molecule has 0 unspecified atom stereocenters. The highest BCUT2D eigenvalue weighted by molar-refractivity contribution is 8.14. The summed E-state index contributed by atoms with van der Waals surface area (Å²) in [6.07, 6.45) is -1.81. The second-order valence-electron chi connectivity index (χ2n) is 9.70. The molecule has 0 aliphatic carbocycles. The topological polar surface area (TPSA) is 135 Å². The van der Waals surface area contributed by atoms with Crippen LogP contribution in [-0.4, -0.2) is 63.3 Å². The van der Waals surface area contributed by atoms with E-state index in [9.17, 15) is 29.0 Å². The average Bonchev–Trinajstić information content (AvgIpc) is 3.23. The largest absolute Gasteiger partial charge is 0.478 e. The Morgan fingerprint density at radius 2 is 1.54 bits per heavy atom. The Labute approximate surface area is 217 Å². The summed E-state index contributed by atoms with van der Waals surface area (Å²) in [4.78, 5) is 41.2. The van der Waals surface area contributed by atoms with E-state index >= 15 is 0 Å². The number of nitrogens with one attached hydrogen (secondary N) is 1. The van der Waals surface area contributed by atoms with Crippen molar-refractivity contribution in [1.29, 1.82) is 0 Å². The minimum Gasteiger partial charge on any atom is -0.478 e. The zero-order valence-corrected chi connectivity index (χ0v) is 21.2. The van der Waals surface area contributed by atoms with Crippen LogP contribution < -0.4 is 5.32 Å². The molecule has 3 N–H and O–H groups in total. The monoisotopic (exact) mass is 530 g/mol. The van der Waals surface area contributed by atoms with Gasteiger partial charge in [0.15, 0.2) is 5.17 Å². The molecule has 0 aromatic heterocycles. The first-order chi connectivity index (χ1) is 17.5. The summed E-state index contributed by atoms with van der Waals surface area (Å²) in [5, 5.41) is 22.6. The summed E-state index contributed by atoms with van der Waals surface area (Å²) >= 11 is 1.07. The molecule has 0 radical (unpaired) electrons. The van der Waals surface area contributed by atoms with E-state index in [4.69, 9.17) is 9.47 Å². The van der Waals surface area contributed by atoms with Gasteiger partial charge in [0.25, 0.3) is 0 Å². The fourth-order valence-electron chi connectivity index (χ4n) is 4.79. The van der Waals surface area contributed by atoms with Crippen LogP contribution in [0.1, 0.15) is 64.4 Å². The minimum atomic E-state index is -1.20. The van der Waals surface area contributed by atoms with Crippen LogP contribution in [0, 0.1) is 0 Å². The summed E-state index contributed by atoms with van der Waals surface area (Å²) in [6, 6.07) is 11.8. The highest BCUT2D eigenvalue weighted by atomic mass is 32.2. The van der Waals surface area contributed by atoms with Crippen molar-refractivity contribution in [3.63, 3.8) is 0 Å². The number of fused-ring (bicyclic) bond motifs is 1. The number of alkyl halides is 1. The van der Waals surface area contributed by atoms with Gasteiger partial charge in [0.05, 0.1) is 23.3 Å². The van der Waals surface area contributed by atoms with Gasteiger partial charge >= 0.3 is 18.0 Å². The first kappa shape index (κ1) is 26.6. The number of hydrogen-bond acceptors (Lipinski definition) is 7. The van der Waals surface area contributed by atoms with Gasteiger partial charge in [0.2, 0.25) is 0 Å². The molecule has 2 aliphatic rings. The predicted molar refractivity (Wildman–Crippen MR) is 135 cm³/mol. The molecule has 1 saturated heterocycles. The van der Waals surface area contributed by atoms with Crippen molar-refractivity contribution in [2.75, 3.05) is 6.67 Å². The molecule has 2 heterocycles. The molecule has 2 aromatic carbocycles. The molecule has 2 aliphatic heterocycles. The molecular formula is C26H27FN2O7S. The predicted octanol–water partition coefficient (Wildman–Crippen LogP) is 4.64. The minimum absolute atomic E-state index is 0.00249. The zero-order valence-electron chi connectivity index (χ0n) is 20.4. The number of carbonyl (C=O) groups excluding carboxylic acids is 1. The lowest BCUT2D eigenvalue weighted by atomic mass is 9.70. The molecule has 5 atom stereocenters. The van der Waals surface area contributed by atoms with E-state index in [2.05, 4.69) is 10.3 Å². The van der Waals surface area contributed by atoms with Crippen LogP contribution in [0.3, 0.4) is 0 Å². The van der Waals surface area contributed by atoms with Crippen LogP contribution in [0.5, 0.6) is 0 Å². The Kier molecular flexibility index (Phi) is 7.56. The smallest absolute Gasteiger partial charge is 0.413 e. The van der Waals surface area contributed by atoms with Crippen LogP contribution in [0.15, 0.2) is 53.5 Å². The number of carbonyl (C=O) groups is 3. The van der Waals surface area contributed by atoms with Gasteiger partial charge in [-0.2, -0.15) is 0 Å². The van der Waals surface area contributed by atoms with E-state index in [0.29, 0.717) is 11.1 Å². The Balaban J connectivity index is 1.84. The molecule has 1 fully saturated rings. The van der Waals surface area contributed by atoms with Crippen molar-refractivity contribution >= 4 is 35.0 Å². The fraction of sp³-hybridized carbons (Fsp3) is 0.385. The number of halogens is 1. The lowest BCUT2D eigenvalue weighted by molar-refractivity contribution is -0.0493. The molecule has 0 spiro atoms. The number of hydrogen-bond donors (Lipinski definition) is 3. The van der Waals surface area contributed by atoms with Gasteiger partial charge in [-0.15, -0.1) is 0 Å². The second-order valence-corrected chi connectivity index (χ2v) is 10.8. The van der Waals surface area contributed by atoms with Crippen molar-refractivity contribution in [3.05, 3.63) is 70.8 Å². The first-order valence-electron chi connectivity index (χ1n) is 11.6. The third-order valence-corrected chi connectivity index (χ3v) is 7.15. The molecule has 0 saturated carbocycles. The Hall–Kier alpha value is -3.44. The van der Waals surface area contributed by atoms with Gasteiger partial charge in [-0.3, -0.25) is 10.3 Å². The molecule has 4 rings (SSSR count). The number of carboxylic acid groups (broad SMARTS) is 2. The normalized spacial score (nSPS) is 25.1. The fourth-order valence-corrected chi connectivity index (χ4v) is 5.90. The van der Waals surface area contributed by atoms with E-state index in [1.54, 1.807) is 57.2 Å². The van der Waals surface area contributed by atoms with Crippen molar-refractivity contribution in [1.82, 2.24) is 5.32 Å². The number of ether oxygens (including phenoxy) is 2. The number of amides is 1. The number of benzene rings is 2. The van der Waals surface area contributed by atoms with Crippen LogP contribution >= 0.6 is 11.8 Å². The van der Waals surface area contributed by atoms with Crippen molar-refractivity contribution < 1.29 is 38.5 Å². The van der Waals surface area contributed by atoms with Gasteiger partial charge in [0.1, 0.15) is 17.7 Å². The lowest BCUT2D eigenvalue weighted by Crippen LogP contribution is -2.46. The standard InChI is InChI=1S/C26H27FN2O7S/c1-26(2,3)36-25(34)29-24-28-20-19(14-9-5-7-11-16(14)22(32)33)18(17(12-27)35-23(20)37-24)13-8-4-6-10-15(13)21(30)31/h4-11,17-20,23H,12H2,1-3H3,(H,30,31)(H,32,33)(H,28,29,34)/t17-,18+,19+,20-,23-/m1/s1. The molecule has 0 bridgehead atoms. The number of aromatic carboxylic acids is 2. The van der Waals surface area contributed by atoms with Gasteiger partial charge in [-0.1, -0.05) is 48.2 Å². The second kappa shape index (κ2) is 10.5. The number of rotatable bonds is 5. The molecule has 9 nitrogen and oxygen atoms in total. The summed E-state index contributed by atoms with van der Waals surface area (Å²) in [5.74, 6) is -4.01. The highest BCUT2D eigenvalue weighted by Crippen LogP contribution is 2.52. The first-order valence-corrected chi connectivity index (χ1v) is 12.5. The van der Waals surface area contributed by atoms with Crippen LogP contribution in [-0.2, 0) is 9.47 Å². The van der Waals surface area contributed by atoms with Gasteiger partial charge in [0, 0.05) is 11.8 Å². The number of aliphatic imine (C=N–C) groups is 1. The van der Waals surface area contributed by atoms with Crippen LogP contribution in [0.25, 0.3) is 0 Å². The Morgan fingerprint density at radius 1 is 1.00 bits per heavy atom. The number of nitrogens with zero attached hydrogens (tertiary/aromatic N) is 1. The number of alkyl carbamates (subject to hydrolysis) is 1. The quantitative estimate of drug-likeness (QED) is 0.509. The highest BCUT2D eigenvalue weighted by Gasteiger charge is 2.52. The third-order valence-electron chi connectivity index (χ3n) is 6.10. The summed E-state index contributed by atoms with van der Waals surface area (Å²) in [5.41, 5.74) is -0.837. The molecule has 196 valence electrons. The van der Waals surface area contributed by atoms with E-state index < -0.39 is 59.7 Å².